The van der Waals surface area contributed by atoms with E-state index in [9.17, 15) is 9.59 Å². The molecule has 0 heterocycles. The van der Waals surface area contributed by atoms with Crippen molar-refractivity contribution in [2.45, 2.75) is 25.9 Å². The van der Waals surface area contributed by atoms with Crippen LogP contribution in [0.5, 0.6) is 0 Å². The number of nitrogens with zero attached hydrogens (tertiary/aromatic N) is 1. The lowest BCUT2D eigenvalue weighted by atomic mass is 10.1. The molecule has 0 spiro atoms. The van der Waals surface area contributed by atoms with Gasteiger partial charge in [-0.25, -0.2) is 0 Å². The van der Waals surface area contributed by atoms with Crippen molar-refractivity contribution < 1.29 is 9.59 Å². The van der Waals surface area contributed by atoms with Crippen LogP contribution in [0.2, 0.25) is 20.1 Å². The predicted octanol–water partition coefficient (Wildman–Crippen LogP) is 5.01. The Balaban J connectivity index is 2.30. The Morgan fingerprint density at radius 2 is 1.48 bits per heavy atom. The van der Waals surface area contributed by atoms with Gasteiger partial charge in [-0.15, -0.1) is 0 Å². The summed E-state index contributed by atoms with van der Waals surface area (Å²) < 4.78 is 0. The van der Waals surface area contributed by atoms with Crippen molar-refractivity contribution in [3.63, 3.8) is 0 Å². The maximum absolute atomic E-state index is 13.0. The van der Waals surface area contributed by atoms with Gasteiger partial charge in [0.2, 0.25) is 11.8 Å². The van der Waals surface area contributed by atoms with Crippen LogP contribution in [0.15, 0.2) is 36.4 Å². The smallest absolute Gasteiger partial charge is 0.242 e. The van der Waals surface area contributed by atoms with Gasteiger partial charge in [0.25, 0.3) is 0 Å². The average molecular weight is 448 g/mol. The van der Waals surface area contributed by atoms with E-state index in [1.165, 1.54) is 11.9 Å². The van der Waals surface area contributed by atoms with Crippen molar-refractivity contribution in [1.82, 2.24) is 10.2 Å². The van der Waals surface area contributed by atoms with E-state index in [0.717, 1.165) is 0 Å². The molecule has 0 bridgehead atoms. The number of nitrogens with one attached hydrogen (secondary N) is 1. The van der Waals surface area contributed by atoms with Crippen molar-refractivity contribution in [3.8, 4) is 0 Å². The second kappa shape index (κ2) is 9.65. The molecule has 2 rings (SSSR count). The van der Waals surface area contributed by atoms with Gasteiger partial charge < -0.3 is 10.2 Å². The van der Waals surface area contributed by atoms with Gasteiger partial charge in [-0.1, -0.05) is 58.5 Å². The molecule has 0 radical (unpaired) electrons. The lowest BCUT2D eigenvalue weighted by Gasteiger charge is -2.29. The zero-order valence-corrected chi connectivity index (χ0v) is 17.8. The van der Waals surface area contributed by atoms with E-state index in [0.29, 0.717) is 31.2 Å². The van der Waals surface area contributed by atoms with E-state index in [1.54, 1.807) is 43.3 Å². The minimum Gasteiger partial charge on any atom is -0.357 e. The molecule has 8 heteroatoms. The van der Waals surface area contributed by atoms with Crippen LogP contribution in [0.3, 0.4) is 0 Å². The van der Waals surface area contributed by atoms with Crippen LogP contribution in [0.1, 0.15) is 18.1 Å². The SMILES string of the molecule is CNC(=O)C(C)N(Cc1ccc(Cl)cc1Cl)C(=O)Cc1ccc(Cl)cc1Cl. The molecule has 2 aromatic rings. The molecular weight excluding hydrogens is 430 g/mol. The van der Waals surface area contributed by atoms with E-state index < -0.39 is 6.04 Å². The first kappa shape index (κ1) is 21.8. The second-order valence-electron chi connectivity index (χ2n) is 5.96. The quantitative estimate of drug-likeness (QED) is 0.676. The van der Waals surface area contributed by atoms with Crippen LogP contribution >= 0.6 is 46.4 Å². The molecule has 0 saturated carbocycles. The summed E-state index contributed by atoms with van der Waals surface area (Å²) in [6, 6.07) is 9.26. The average Bonchev–Trinajstić information content (AvgIpc) is 2.62. The summed E-state index contributed by atoms with van der Waals surface area (Å²) in [6.07, 6.45) is 0.0303. The fourth-order valence-electron chi connectivity index (χ4n) is 2.55. The molecule has 2 amide bonds. The Bertz CT molecular complexity index is 858. The summed E-state index contributed by atoms with van der Waals surface area (Å²) >= 11 is 24.3. The fourth-order valence-corrected chi connectivity index (χ4v) is 3.50. The highest BCUT2D eigenvalue weighted by Crippen LogP contribution is 2.25. The topological polar surface area (TPSA) is 49.4 Å². The van der Waals surface area contributed by atoms with Gasteiger partial charge in [0, 0.05) is 33.7 Å². The third-order valence-electron chi connectivity index (χ3n) is 4.13. The molecule has 2 aromatic carbocycles. The minimum atomic E-state index is -0.694. The number of carbonyl (C=O) groups excluding carboxylic acids is 2. The number of hydrogen-bond acceptors (Lipinski definition) is 2. The second-order valence-corrected chi connectivity index (χ2v) is 7.65. The molecule has 27 heavy (non-hydrogen) atoms. The number of carbonyl (C=O) groups is 2. The van der Waals surface area contributed by atoms with E-state index in [-0.39, 0.29) is 24.8 Å². The molecule has 0 aliphatic rings. The number of hydrogen-bond donors (Lipinski definition) is 1. The summed E-state index contributed by atoms with van der Waals surface area (Å²) in [4.78, 5) is 26.6. The Morgan fingerprint density at radius 3 is 1.96 bits per heavy atom. The Kier molecular flexibility index (Phi) is 7.80. The van der Waals surface area contributed by atoms with Gasteiger partial charge in [0.15, 0.2) is 0 Å². The molecule has 144 valence electrons. The zero-order valence-electron chi connectivity index (χ0n) is 14.7. The van der Waals surface area contributed by atoms with Gasteiger partial charge in [0.1, 0.15) is 6.04 Å². The van der Waals surface area contributed by atoms with Gasteiger partial charge in [-0.05, 0) is 42.3 Å². The van der Waals surface area contributed by atoms with Gasteiger partial charge in [-0.2, -0.15) is 0 Å². The summed E-state index contributed by atoms with van der Waals surface area (Å²) in [7, 11) is 1.52. The number of amides is 2. The Morgan fingerprint density at radius 1 is 0.963 bits per heavy atom. The van der Waals surface area contributed by atoms with Crippen molar-refractivity contribution in [1.29, 1.82) is 0 Å². The molecule has 4 nitrogen and oxygen atoms in total. The lowest BCUT2D eigenvalue weighted by Crippen LogP contribution is -2.47. The third kappa shape index (κ3) is 5.76. The largest absolute Gasteiger partial charge is 0.357 e. The highest BCUT2D eigenvalue weighted by Gasteiger charge is 2.26. The van der Waals surface area contributed by atoms with Crippen LogP contribution in [-0.2, 0) is 22.6 Å². The van der Waals surface area contributed by atoms with E-state index in [1.807, 2.05) is 0 Å². The van der Waals surface area contributed by atoms with E-state index in [4.69, 9.17) is 46.4 Å². The molecule has 0 fully saturated rings. The van der Waals surface area contributed by atoms with Gasteiger partial charge >= 0.3 is 0 Å². The number of benzene rings is 2. The molecule has 0 aromatic heterocycles. The first-order valence-electron chi connectivity index (χ1n) is 8.11. The molecule has 0 aliphatic heterocycles. The summed E-state index contributed by atoms with van der Waals surface area (Å²) in [5, 5.41) is 4.36. The summed E-state index contributed by atoms with van der Waals surface area (Å²) in [5.74, 6) is -0.544. The van der Waals surface area contributed by atoms with Crippen LogP contribution in [0.25, 0.3) is 0 Å². The maximum atomic E-state index is 13.0. The fraction of sp³-hybridized carbons (Fsp3) is 0.263. The standard InChI is InChI=1S/C19H18Cl4N2O2/c1-11(19(27)24-2)25(10-13-4-6-15(21)9-17(13)23)18(26)7-12-3-5-14(20)8-16(12)22/h3-6,8-9,11H,7,10H2,1-2H3,(H,24,27). The van der Waals surface area contributed by atoms with Gasteiger partial charge in [-0.3, -0.25) is 9.59 Å². The minimum absolute atomic E-state index is 0.0303. The molecule has 0 saturated heterocycles. The molecule has 0 aliphatic carbocycles. The zero-order chi connectivity index (χ0) is 20.1. The molecule has 1 unspecified atom stereocenters. The van der Waals surface area contributed by atoms with Crippen molar-refractivity contribution >= 4 is 58.2 Å². The summed E-state index contributed by atoms with van der Waals surface area (Å²) in [5.41, 5.74) is 1.31. The van der Waals surface area contributed by atoms with Gasteiger partial charge in [0.05, 0.1) is 6.42 Å². The van der Waals surface area contributed by atoms with Crippen LogP contribution in [0, 0.1) is 0 Å². The molecule has 1 N–H and O–H groups in total. The normalized spacial score (nSPS) is 11.8. The van der Waals surface area contributed by atoms with Crippen LogP contribution in [-0.4, -0.2) is 29.8 Å². The predicted molar refractivity (Wildman–Crippen MR) is 111 cm³/mol. The Hall–Kier alpha value is -1.46. The van der Waals surface area contributed by atoms with Crippen molar-refractivity contribution in [2.24, 2.45) is 0 Å². The first-order chi connectivity index (χ1) is 12.7. The summed E-state index contributed by atoms with van der Waals surface area (Å²) in [6.45, 7) is 1.82. The first-order valence-corrected chi connectivity index (χ1v) is 9.63. The number of likely N-dealkylation sites (N-methyl/N-ethyl adjacent to an activating group) is 1. The van der Waals surface area contributed by atoms with Crippen molar-refractivity contribution in [2.75, 3.05) is 7.05 Å². The molecular formula is C19H18Cl4N2O2. The molecule has 1 atom stereocenters. The van der Waals surface area contributed by atoms with Crippen LogP contribution in [0.4, 0.5) is 0 Å². The maximum Gasteiger partial charge on any atom is 0.242 e. The van der Waals surface area contributed by atoms with E-state index in [2.05, 4.69) is 5.32 Å². The Labute approximate surface area is 178 Å². The number of halogens is 4. The van der Waals surface area contributed by atoms with Crippen LogP contribution < -0.4 is 5.32 Å². The highest BCUT2D eigenvalue weighted by molar-refractivity contribution is 6.35. The highest BCUT2D eigenvalue weighted by atomic mass is 35.5. The lowest BCUT2D eigenvalue weighted by molar-refractivity contribution is -0.139. The number of rotatable bonds is 6. The van der Waals surface area contributed by atoms with E-state index >= 15 is 0 Å². The third-order valence-corrected chi connectivity index (χ3v) is 5.30. The monoisotopic (exact) mass is 446 g/mol. The van der Waals surface area contributed by atoms with Crippen molar-refractivity contribution in [3.05, 3.63) is 67.6 Å².